The minimum Gasteiger partial charge on any atom is -0.482 e. The Morgan fingerprint density at radius 2 is 1.80 bits per heavy atom. The van der Waals surface area contributed by atoms with Crippen molar-refractivity contribution in [1.82, 2.24) is 0 Å². The summed E-state index contributed by atoms with van der Waals surface area (Å²) < 4.78 is 6.26. The highest BCUT2D eigenvalue weighted by Crippen LogP contribution is 2.34. The van der Waals surface area contributed by atoms with E-state index < -0.39 is 0 Å². The first-order valence-corrected chi connectivity index (χ1v) is 10.6. The van der Waals surface area contributed by atoms with Crippen LogP contribution in [-0.2, 0) is 9.59 Å². The molecular formula is C21H16BrN3O4S. The van der Waals surface area contributed by atoms with Crippen molar-refractivity contribution < 1.29 is 19.1 Å². The molecule has 0 spiro atoms. The summed E-state index contributed by atoms with van der Waals surface area (Å²) in [5, 5.41) is 7.40. The van der Waals surface area contributed by atoms with Crippen LogP contribution in [0.4, 0.5) is 17.1 Å². The van der Waals surface area contributed by atoms with Crippen LogP contribution < -0.4 is 20.3 Å². The Balaban J connectivity index is 1.39. The van der Waals surface area contributed by atoms with Crippen molar-refractivity contribution >= 4 is 62.1 Å². The zero-order valence-electron chi connectivity index (χ0n) is 15.6. The van der Waals surface area contributed by atoms with E-state index in [0.717, 1.165) is 4.47 Å². The van der Waals surface area contributed by atoms with Crippen molar-refractivity contribution in [3.8, 4) is 5.75 Å². The van der Waals surface area contributed by atoms with Gasteiger partial charge in [0.25, 0.3) is 11.8 Å². The van der Waals surface area contributed by atoms with Gasteiger partial charge in [0.2, 0.25) is 5.91 Å². The summed E-state index contributed by atoms with van der Waals surface area (Å²) in [6, 6.07) is 15.6. The molecule has 2 aromatic carbocycles. The molecule has 1 aromatic heterocycles. The molecule has 152 valence electrons. The summed E-state index contributed by atoms with van der Waals surface area (Å²) in [5.41, 5.74) is 1.73. The first kappa shape index (κ1) is 20.1. The first-order valence-electron chi connectivity index (χ1n) is 8.97. The second-order valence-corrected chi connectivity index (χ2v) is 8.30. The molecule has 7 nitrogen and oxygen atoms in total. The molecule has 0 fully saturated rings. The van der Waals surface area contributed by atoms with E-state index in [2.05, 4.69) is 26.6 Å². The third-order valence-corrected chi connectivity index (χ3v) is 5.70. The fourth-order valence-electron chi connectivity index (χ4n) is 2.93. The average Bonchev–Trinajstić information content (AvgIpc) is 3.27. The summed E-state index contributed by atoms with van der Waals surface area (Å²) in [5.74, 6) is -0.262. The van der Waals surface area contributed by atoms with Gasteiger partial charge in [-0.2, -0.15) is 0 Å². The van der Waals surface area contributed by atoms with Crippen LogP contribution >= 0.6 is 27.3 Å². The number of benzene rings is 2. The van der Waals surface area contributed by atoms with E-state index >= 15 is 0 Å². The molecule has 0 bridgehead atoms. The molecule has 1 aliphatic rings. The highest BCUT2D eigenvalue weighted by atomic mass is 79.9. The standard InChI is InChI=1S/C21H16BrN3O4S/c22-13-3-8-16-17(10-13)29-12-20(27)25(16)11-19(26)23-14-4-6-15(7-5-14)24-21(28)18-2-1-9-30-18/h1-10H,11-12H2,(H,23,26)(H,24,28). The molecule has 2 heterocycles. The summed E-state index contributed by atoms with van der Waals surface area (Å²) in [7, 11) is 0. The highest BCUT2D eigenvalue weighted by Gasteiger charge is 2.27. The normalized spacial score (nSPS) is 12.7. The van der Waals surface area contributed by atoms with E-state index in [9.17, 15) is 14.4 Å². The second kappa shape index (κ2) is 8.68. The third kappa shape index (κ3) is 4.52. The second-order valence-electron chi connectivity index (χ2n) is 6.44. The number of rotatable bonds is 5. The zero-order valence-corrected chi connectivity index (χ0v) is 18.0. The average molecular weight is 486 g/mol. The number of carbonyl (C=O) groups is 3. The van der Waals surface area contributed by atoms with Crippen molar-refractivity contribution in [1.29, 1.82) is 0 Å². The van der Waals surface area contributed by atoms with E-state index in [1.807, 2.05) is 11.4 Å². The fraction of sp³-hybridized carbons (Fsp3) is 0.0952. The Morgan fingerprint density at radius 3 is 2.50 bits per heavy atom. The van der Waals surface area contributed by atoms with E-state index in [-0.39, 0.29) is 30.9 Å². The summed E-state index contributed by atoms with van der Waals surface area (Å²) in [6.07, 6.45) is 0. The van der Waals surface area contributed by atoms with Crippen LogP contribution in [0.15, 0.2) is 64.5 Å². The smallest absolute Gasteiger partial charge is 0.265 e. The van der Waals surface area contributed by atoms with Gasteiger partial charge in [0.15, 0.2) is 6.61 Å². The maximum atomic E-state index is 12.5. The van der Waals surface area contributed by atoms with Crippen molar-refractivity contribution in [3.05, 3.63) is 69.3 Å². The van der Waals surface area contributed by atoms with Crippen molar-refractivity contribution in [3.63, 3.8) is 0 Å². The van der Waals surface area contributed by atoms with Gasteiger partial charge in [-0.25, -0.2) is 0 Å². The highest BCUT2D eigenvalue weighted by molar-refractivity contribution is 9.10. The quantitative estimate of drug-likeness (QED) is 0.568. The van der Waals surface area contributed by atoms with Gasteiger partial charge < -0.3 is 15.4 Å². The lowest BCUT2D eigenvalue weighted by molar-refractivity contribution is -0.123. The first-order chi connectivity index (χ1) is 14.5. The number of nitrogens with one attached hydrogen (secondary N) is 2. The van der Waals surface area contributed by atoms with Crippen molar-refractivity contribution in [2.45, 2.75) is 0 Å². The molecule has 0 atom stereocenters. The van der Waals surface area contributed by atoms with E-state index in [0.29, 0.717) is 27.7 Å². The molecule has 1 aliphatic heterocycles. The van der Waals surface area contributed by atoms with Gasteiger partial charge in [0.05, 0.1) is 10.6 Å². The maximum absolute atomic E-state index is 12.5. The van der Waals surface area contributed by atoms with E-state index in [1.165, 1.54) is 16.2 Å². The largest absolute Gasteiger partial charge is 0.482 e. The molecule has 2 N–H and O–H groups in total. The van der Waals surface area contributed by atoms with Gasteiger partial charge in [0.1, 0.15) is 12.3 Å². The number of nitrogens with zero attached hydrogens (tertiary/aromatic N) is 1. The number of anilines is 3. The number of halogens is 1. The van der Waals surface area contributed by atoms with Crippen molar-refractivity contribution in [2.75, 3.05) is 28.7 Å². The molecule has 0 saturated carbocycles. The Kier molecular flexibility index (Phi) is 5.82. The maximum Gasteiger partial charge on any atom is 0.265 e. The molecule has 3 aromatic rings. The minimum absolute atomic E-state index is 0.116. The molecule has 9 heteroatoms. The molecule has 4 rings (SSSR count). The van der Waals surface area contributed by atoms with Crippen LogP contribution in [0.1, 0.15) is 9.67 Å². The molecule has 0 unspecified atom stereocenters. The Labute approximate surface area is 184 Å². The van der Waals surface area contributed by atoms with E-state index in [1.54, 1.807) is 48.5 Å². The topological polar surface area (TPSA) is 87.7 Å². The van der Waals surface area contributed by atoms with Gasteiger partial charge in [-0.05, 0) is 53.9 Å². The molecule has 0 aliphatic carbocycles. The number of ether oxygens (including phenoxy) is 1. The predicted octanol–water partition coefficient (Wildman–Crippen LogP) is 4.13. The lowest BCUT2D eigenvalue weighted by Crippen LogP contribution is -2.43. The summed E-state index contributed by atoms with van der Waals surface area (Å²) in [4.78, 5) is 38.9. The lowest BCUT2D eigenvalue weighted by atomic mass is 10.2. The van der Waals surface area contributed by atoms with Gasteiger partial charge in [-0.1, -0.05) is 22.0 Å². The Hall–Kier alpha value is -3.17. The number of hydrogen-bond acceptors (Lipinski definition) is 5. The molecular weight excluding hydrogens is 470 g/mol. The van der Waals surface area contributed by atoms with Crippen LogP contribution in [0, 0.1) is 0 Å². The molecule has 3 amide bonds. The van der Waals surface area contributed by atoms with Gasteiger partial charge >= 0.3 is 0 Å². The minimum atomic E-state index is -0.338. The summed E-state index contributed by atoms with van der Waals surface area (Å²) >= 11 is 4.73. The predicted molar refractivity (Wildman–Crippen MR) is 119 cm³/mol. The van der Waals surface area contributed by atoms with Gasteiger partial charge in [-0.15, -0.1) is 11.3 Å². The zero-order chi connectivity index (χ0) is 21.1. The number of hydrogen-bond donors (Lipinski definition) is 2. The molecule has 0 saturated heterocycles. The molecule has 0 radical (unpaired) electrons. The number of carbonyl (C=O) groups excluding carboxylic acids is 3. The fourth-order valence-corrected chi connectivity index (χ4v) is 3.89. The van der Waals surface area contributed by atoms with Crippen LogP contribution in [0.5, 0.6) is 5.75 Å². The van der Waals surface area contributed by atoms with Crippen LogP contribution in [0.3, 0.4) is 0 Å². The lowest BCUT2D eigenvalue weighted by Gasteiger charge is -2.29. The number of fused-ring (bicyclic) bond motifs is 1. The SMILES string of the molecule is O=C(CN1C(=O)COc2cc(Br)ccc21)Nc1ccc(NC(=O)c2cccs2)cc1. The Morgan fingerprint density at radius 1 is 1.07 bits per heavy atom. The monoisotopic (exact) mass is 485 g/mol. The van der Waals surface area contributed by atoms with Crippen LogP contribution in [-0.4, -0.2) is 30.9 Å². The van der Waals surface area contributed by atoms with Gasteiger partial charge in [0, 0.05) is 15.8 Å². The summed E-state index contributed by atoms with van der Waals surface area (Å²) in [6.45, 7) is -0.247. The van der Waals surface area contributed by atoms with Crippen LogP contribution in [0.25, 0.3) is 0 Å². The van der Waals surface area contributed by atoms with E-state index in [4.69, 9.17) is 4.74 Å². The Bertz CT molecular complexity index is 1100. The number of thiophene rings is 1. The number of amides is 3. The third-order valence-electron chi connectivity index (χ3n) is 4.34. The van der Waals surface area contributed by atoms with Gasteiger partial charge in [-0.3, -0.25) is 19.3 Å². The van der Waals surface area contributed by atoms with Crippen molar-refractivity contribution in [2.24, 2.45) is 0 Å². The van der Waals surface area contributed by atoms with Crippen LogP contribution in [0.2, 0.25) is 0 Å². The molecule has 30 heavy (non-hydrogen) atoms.